The van der Waals surface area contributed by atoms with Crippen LogP contribution in [0, 0.1) is 13.8 Å². The largest absolute Gasteiger partial charge is 0.325 e. The molecule has 2 N–H and O–H groups in total. The van der Waals surface area contributed by atoms with Crippen LogP contribution >= 0.6 is 11.3 Å². The lowest BCUT2D eigenvalue weighted by Gasteiger charge is -2.09. The number of benzene rings is 1. The average Bonchev–Trinajstić information content (AvgIpc) is 3.05. The number of amides is 1. The third-order valence-corrected chi connectivity index (χ3v) is 7.17. The molecule has 12 heteroatoms. The second-order valence-corrected chi connectivity index (χ2v) is 9.78. The first-order valence-corrected chi connectivity index (χ1v) is 11.7. The van der Waals surface area contributed by atoms with Crippen LogP contribution in [0.5, 0.6) is 0 Å². The molecule has 0 saturated carbocycles. The maximum atomic E-state index is 12.7. The van der Waals surface area contributed by atoms with E-state index in [4.69, 9.17) is 0 Å². The van der Waals surface area contributed by atoms with E-state index in [1.54, 1.807) is 6.07 Å². The number of nitrogens with zero attached hydrogens (tertiary/aromatic N) is 4. The first kappa shape index (κ1) is 21.6. The third-order valence-electron chi connectivity index (χ3n) is 4.71. The Morgan fingerprint density at radius 2 is 1.78 bits per heavy atom. The van der Waals surface area contributed by atoms with E-state index in [1.165, 1.54) is 58.9 Å². The SMILES string of the molecule is Cc1sc2ncn(CC(=O)Nc3ccc(S(=O)(=O)Nc4ncccn4)cc3)c(=O)c2c1C. The van der Waals surface area contributed by atoms with Crippen molar-refractivity contribution in [2.45, 2.75) is 25.3 Å². The van der Waals surface area contributed by atoms with Crippen LogP contribution in [0.1, 0.15) is 10.4 Å². The lowest BCUT2D eigenvalue weighted by Crippen LogP contribution is -2.27. The molecule has 0 aliphatic carbocycles. The molecular weight excluding hydrogens is 452 g/mol. The van der Waals surface area contributed by atoms with E-state index in [2.05, 4.69) is 25.0 Å². The van der Waals surface area contributed by atoms with E-state index in [0.717, 1.165) is 10.4 Å². The molecule has 4 rings (SSSR count). The Hall–Kier alpha value is -3.64. The summed E-state index contributed by atoms with van der Waals surface area (Å²) in [6.45, 7) is 3.56. The first-order chi connectivity index (χ1) is 15.2. The molecule has 4 aromatic rings. The molecule has 1 amide bonds. The number of carbonyl (C=O) groups excluding carboxylic acids is 1. The molecule has 1 aromatic carbocycles. The van der Waals surface area contributed by atoms with Gasteiger partial charge in [0.2, 0.25) is 11.9 Å². The molecule has 0 aliphatic heterocycles. The first-order valence-electron chi connectivity index (χ1n) is 9.39. The molecule has 0 saturated heterocycles. The van der Waals surface area contributed by atoms with Crippen LogP contribution in [-0.4, -0.2) is 33.8 Å². The molecule has 0 spiro atoms. The van der Waals surface area contributed by atoms with Gasteiger partial charge in [0, 0.05) is 23.0 Å². The van der Waals surface area contributed by atoms with Crippen molar-refractivity contribution in [2.24, 2.45) is 0 Å². The van der Waals surface area contributed by atoms with Gasteiger partial charge in [-0.25, -0.2) is 28.1 Å². The van der Waals surface area contributed by atoms with Crippen LogP contribution in [0.2, 0.25) is 0 Å². The van der Waals surface area contributed by atoms with E-state index >= 15 is 0 Å². The summed E-state index contributed by atoms with van der Waals surface area (Å²) in [4.78, 5) is 38.7. The molecule has 0 unspecified atom stereocenters. The van der Waals surface area contributed by atoms with E-state index in [0.29, 0.717) is 15.9 Å². The highest BCUT2D eigenvalue weighted by Gasteiger charge is 2.16. The average molecular weight is 471 g/mol. The summed E-state index contributed by atoms with van der Waals surface area (Å²) >= 11 is 1.44. The van der Waals surface area contributed by atoms with Crippen molar-refractivity contribution in [1.82, 2.24) is 19.5 Å². The fourth-order valence-electron chi connectivity index (χ4n) is 2.99. The zero-order valence-corrected chi connectivity index (χ0v) is 18.7. The van der Waals surface area contributed by atoms with Crippen LogP contribution < -0.4 is 15.6 Å². The normalized spacial score (nSPS) is 11.4. The molecule has 164 valence electrons. The van der Waals surface area contributed by atoms with Gasteiger partial charge in [0.1, 0.15) is 11.4 Å². The number of aromatic nitrogens is 4. The summed E-state index contributed by atoms with van der Waals surface area (Å²) in [5.74, 6) is -0.485. The predicted octanol–water partition coefficient (Wildman–Crippen LogP) is 2.30. The number of carbonyl (C=O) groups is 1. The Balaban J connectivity index is 1.46. The summed E-state index contributed by atoms with van der Waals surface area (Å²) in [6, 6.07) is 7.17. The van der Waals surface area contributed by atoms with Gasteiger partial charge >= 0.3 is 0 Å². The van der Waals surface area contributed by atoms with E-state index in [-0.39, 0.29) is 22.9 Å². The number of thiophene rings is 1. The van der Waals surface area contributed by atoms with Crippen molar-refractivity contribution in [3.8, 4) is 0 Å². The zero-order valence-electron chi connectivity index (χ0n) is 17.1. The summed E-state index contributed by atoms with van der Waals surface area (Å²) < 4.78 is 28.4. The lowest BCUT2D eigenvalue weighted by atomic mass is 10.2. The molecular formula is C20H18N6O4S2. The Morgan fingerprint density at radius 1 is 1.09 bits per heavy atom. The minimum Gasteiger partial charge on any atom is -0.325 e. The highest BCUT2D eigenvalue weighted by Crippen LogP contribution is 2.25. The third kappa shape index (κ3) is 4.36. The van der Waals surface area contributed by atoms with E-state index < -0.39 is 15.9 Å². The number of rotatable bonds is 6. The van der Waals surface area contributed by atoms with Gasteiger partial charge in [-0.2, -0.15) is 0 Å². The fraction of sp³-hybridized carbons (Fsp3) is 0.150. The molecule has 3 aromatic heterocycles. The Labute approximate surface area is 187 Å². The second-order valence-electron chi connectivity index (χ2n) is 6.89. The Morgan fingerprint density at radius 3 is 2.47 bits per heavy atom. The van der Waals surface area contributed by atoms with E-state index in [9.17, 15) is 18.0 Å². The Bertz CT molecular complexity index is 1460. The number of hydrogen-bond donors (Lipinski definition) is 2. The van der Waals surface area contributed by atoms with Crippen molar-refractivity contribution < 1.29 is 13.2 Å². The molecule has 32 heavy (non-hydrogen) atoms. The van der Waals surface area contributed by atoms with Gasteiger partial charge in [-0.05, 0) is 49.7 Å². The molecule has 0 fully saturated rings. The summed E-state index contributed by atoms with van der Waals surface area (Å²) in [5, 5.41) is 3.17. The van der Waals surface area contributed by atoms with Gasteiger partial charge in [0.05, 0.1) is 16.6 Å². The van der Waals surface area contributed by atoms with Gasteiger partial charge in [-0.3, -0.25) is 14.2 Å². The maximum absolute atomic E-state index is 12.7. The smallest absolute Gasteiger partial charge is 0.264 e. The molecule has 3 heterocycles. The quantitative estimate of drug-likeness (QED) is 0.441. The minimum absolute atomic E-state index is 0.0166. The summed E-state index contributed by atoms with van der Waals surface area (Å²) in [6.07, 6.45) is 4.19. The highest BCUT2D eigenvalue weighted by molar-refractivity contribution is 7.92. The monoisotopic (exact) mass is 470 g/mol. The predicted molar refractivity (Wildman–Crippen MR) is 121 cm³/mol. The molecule has 0 radical (unpaired) electrons. The standard InChI is InChI=1S/C20H18N6O4S2/c1-12-13(2)31-18-17(12)19(28)26(11-23-18)10-16(27)24-14-4-6-15(7-5-14)32(29,30)25-20-21-8-3-9-22-20/h3-9,11H,10H2,1-2H3,(H,24,27)(H,21,22,25). The van der Waals surface area contributed by atoms with Gasteiger partial charge in [0.25, 0.3) is 15.6 Å². The number of fused-ring (bicyclic) bond motifs is 1. The summed E-state index contributed by atoms with van der Waals surface area (Å²) in [5.41, 5.74) is 0.973. The number of aryl methyl sites for hydroxylation is 2. The molecule has 0 atom stereocenters. The van der Waals surface area contributed by atoms with Crippen LogP contribution in [-0.2, 0) is 21.4 Å². The van der Waals surface area contributed by atoms with Crippen LogP contribution in [0.15, 0.2) is 58.7 Å². The van der Waals surface area contributed by atoms with Gasteiger partial charge < -0.3 is 5.32 Å². The minimum atomic E-state index is -3.88. The maximum Gasteiger partial charge on any atom is 0.264 e. The van der Waals surface area contributed by atoms with Crippen LogP contribution in [0.25, 0.3) is 10.2 Å². The number of nitrogens with one attached hydrogen (secondary N) is 2. The van der Waals surface area contributed by atoms with Gasteiger partial charge in [0.15, 0.2) is 0 Å². The zero-order chi connectivity index (χ0) is 22.9. The molecule has 0 aliphatic rings. The molecule has 0 bridgehead atoms. The molecule has 10 nitrogen and oxygen atoms in total. The van der Waals surface area contributed by atoms with Gasteiger partial charge in [-0.15, -0.1) is 11.3 Å². The lowest BCUT2D eigenvalue weighted by molar-refractivity contribution is -0.116. The van der Waals surface area contributed by atoms with Crippen LogP contribution in [0.3, 0.4) is 0 Å². The number of sulfonamides is 1. The fourth-order valence-corrected chi connectivity index (χ4v) is 4.93. The topological polar surface area (TPSA) is 136 Å². The van der Waals surface area contributed by atoms with Crippen molar-refractivity contribution in [1.29, 1.82) is 0 Å². The number of hydrogen-bond acceptors (Lipinski definition) is 8. The Kier molecular flexibility index (Phi) is 5.72. The van der Waals surface area contributed by atoms with Crippen molar-refractivity contribution in [3.63, 3.8) is 0 Å². The van der Waals surface area contributed by atoms with Crippen molar-refractivity contribution >= 4 is 49.1 Å². The van der Waals surface area contributed by atoms with Crippen molar-refractivity contribution in [2.75, 3.05) is 10.0 Å². The summed E-state index contributed by atoms with van der Waals surface area (Å²) in [7, 11) is -3.88. The van der Waals surface area contributed by atoms with E-state index in [1.807, 2.05) is 13.8 Å². The number of anilines is 2. The van der Waals surface area contributed by atoms with Gasteiger partial charge in [-0.1, -0.05) is 0 Å². The van der Waals surface area contributed by atoms with Crippen LogP contribution in [0.4, 0.5) is 11.6 Å². The van der Waals surface area contributed by atoms with Crippen molar-refractivity contribution in [3.05, 3.63) is 69.8 Å². The second kappa shape index (κ2) is 8.48. The highest BCUT2D eigenvalue weighted by atomic mass is 32.2.